The van der Waals surface area contributed by atoms with Gasteiger partial charge >= 0.3 is 6.09 Å². The van der Waals surface area contributed by atoms with Crippen LogP contribution in [-0.2, 0) is 4.74 Å². The first-order valence-electron chi connectivity index (χ1n) is 7.57. The van der Waals surface area contributed by atoms with Crippen LogP contribution in [0.1, 0.15) is 46.5 Å². The van der Waals surface area contributed by atoms with Crippen molar-refractivity contribution in [1.29, 1.82) is 0 Å². The van der Waals surface area contributed by atoms with E-state index in [2.05, 4.69) is 10.4 Å². The third-order valence-corrected chi connectivity index (χ3v) is 3.66. The van der Waals surface area contributed by atoms with Crippen LogP contribution in [0, 0.1) is 0 Å². The van der Waals surface area contributed by atoms with Crippen LogP contribution < -0.4 is 11.2 Å². The second-order valence-corrected chi connectivity index (χ2v) is 6.97. The molecule has 0 aromatic carbocycles. The fraction of sp³-hybridized carbons (Fsp3) is 0.929. The van der Waals surface area contributed by atoms with Gasteiger partial charge in [-0.1, -0.05) is 0 Å². The highest BCUT2D eigenvalue weighted by atomic mass is 16.6. The molecule has 2 fully saturated rings. The lowest BCUT2D eigenvalue weighted by Crippen LogP contribution is -2.67. The number of ether oxygens (including phenoxy) is 1. The molecule has 2 saturated heterocycles. The lowest BCUT2D eigenvalue weighted by Gasteiger charge is -2.42. The van der Waals surface area contributed by atoms with Crippen LogP contribution in [-0.4, -0.2) is 53.4 Å². The van der Waals surface area contributed by atoms with E-state index in [-0.39, 0.29) is 6.09 Å². The molecule has 2 heterocycles. The zero-order valence-corrected chi connectivity index (χ0v) is 12.9. The van der Waals surface area contributed by atoms with Crippen LogP contribution in [0.5, 0.6) is 0 Å². The molecule has 6 heteroatoms. The van der Waals surface area contributed by atoms with Gasteiger partial charge in [-0.15, -0.1) is 0 Å². The highest BCUT2D eigenvalue weighted by molar-refractivity contribution is 5.68. The van der Waals surface area contributed by atoms with Crippen LogP contribution >= 0.6 is 0 Å². The summed E-state index contributed by atoms with van der Waals surface area (Å²) in [5.41, 5.74) is 8.84. The van der Waals surface area contributed by atoms with Crippen molar-refractivity contribution in [2.45, 2.75) is 57.7 Å². The summed E-state index contributed by atoms with van der Waals surface area (Å²) in [5, 5.41) is 2.18. The second kappa shape index (κ2) is 5.87. The summed E-state index contributed by atoms with van der Waals surface area (Å²) in [4.78, 5) is 13.9. The smallest absolute Gasteiger partial charge is 0.410 e. The Morgan fingerprint density at radius 2 is 1.85 bits per heavy atom. The summed E-state index contributed by atoms with van der Waals surface area (Å²) in [6.07, 6.45) is 3.92. The second-order valence-electron chi connectivity index (χ2n) is 6.97. The van der Waals surface area contributed by atoms with Gasteiger partial charge in [-0.25, -0.2) is 15.2 Å². The van der Waals surface area contributed by atoms with Gasteiger partial charge in [-0.3, -0.25) is 0 Å². The molecule has 0 aliphatic carbocycles. The first-order chi connectivity index (χ1) is 9.27. The maximum atomic E-state index is 12.1. The SMILES string of the molecule is CC(C)(C)OC(=O)N1CCCC(N)(NN2CCCC2)C1. The maximum absolute atomic E-state index is 12.1. The van der Waals surface area contributed by atoms with Crippen LogP contribution in [0.2, 0.25) is 0 Å². The molecular formula is C14H28N4O2. The molecule has 20 heavy (non-hydrogen) atoms. The molecule has 2 aliphatic rings. The number of hydrogen-bond donors (Lipinski definition) is 2. The van der Waals surface area contributed by atoms with Crippen LogP contribution in [0.15, 0.2) is 0 Å². The van der Waals surface area contributed by atoms with Crippen molar-refractivity contribution in [1.82, 2.24) is 15.3 Å². The number of hydrogen-bond acceptors (Lipinski definition) is 5. The van der Waals surface area contributed by atoms with Gasteiger partial charge in [0.2, 0.25) is 0 Å². The number of piperidine rings is 1. The largest absolute Gasteiger partial charge is 0.444 e. The van der Waals surface area contributed by atoms with Crippen molar-refractivity contribution in [2.24, 2.45) is 5.73 Å². The van der Waals surface area contributed by atoms with Crippen molar-refractivity contribution in [3.05, 3.63) is 0 Å². The van der Waals surface area contributed by atoms with E-state index in [9.17, 15) is 4.79 Å². The van der Waals surface area contributed by atoms with Crippen molar-refractivity contribution in [3.63, 3.8) is 0 Å². The minimum absolute atomic E-state index is 0.268. The van der Waals surface area contributed by atoms with Gasteiger partial charge in [0.05, 0.1) is 12.2 Å². The van der Waals surface area contributed by atoms with Crippen molar-refractivity contribution >= 4 is 6.09 Å². The predicted octanol–water partition coefficient (Wildman–Crippen LogP) is 1.27. The minimum Gasteiger partial charge on any atom is -0.444 e. The van der Waals surface area contributed by atoms with Crippen molar-refractivity contribution < 1.29 is 9.53 Å². The van der Waals surface area contributed by atoms with E-state index < -0.39 is 11.3 Å². The van der Waals surface area contributed by atoms with Gasteiger partial charge in [0.1, 0.15) is 5.60 Å². The number of hydrazine groups is 1. The quantitative estimate of drug-likeness (QED) is 0.747. The van der Waals surface area contributed by atoms with E-state index in [0.717, 1.165) is 32.5 Å². The molecule has 0 aromatic rings. The highest BCUT2D eigenvalue weighted by Crippen LogP contribution is 2.20. The maximum Gasteiger partial charge on any atom is 0.410 e. The number of carbonyl (C=O) groups excluding carboxylic acids is 1. The molecule has 0 aromatic heterocycles. The van der Waals surface area contributed by atoms with Gasteiger partial charge in [-0.05, 0) is 46.5 Å². The molecule has 2 aliphatic heterocycles. The molecule has 0 bridgehead atoms. The number of likely N-dealkylation sites (tertiary alicyclic amines) is 1. The van der Waals surface area contributed by atoms with E-state index in [0.29, 0.717) is 6.54 Å². The van der Waals surface area contributed by atoms with Crippen LogP contribution in [0.25, 0.3) is 0 Å². The number of nitrogens with two attached hydrogens (primary N) is 1. The fourth-order valence-corrected chi connectivity index (χ4v) is 2.80. The Bertz CT molecular complexity index is 350. The summed E-state index contributed by atoms with van der Waals surface area (Å²) in [6, 6.07) is 0. The summed E-state index contributed by atoms with van der Waals surface area (Å²) in [6.45, 7) is 8.93. The number of nitrogens with one attached hydrogen (secondary N) is 1. The molecule has 1 unspecified atom stereocenters. The van der Waals surface area contributed by atoms with Crippen LogP contribution in [0.4, 0.5) is 4.79 Å². The molecule has 2 rings (SSSR count). The molecule has 116 valence electrons. The molecule has 0 saturated carbocycles. The average Bonchev–Trinajstić information content (AvgIpc) is 2.78. The third kappa shape index (κ3) is 4.33. The van der Waals surface area contributed by atoms with E-state index in [1.165, 1.54) is 12.8 Å². The van der Waals surface area contributed by atoms with Crippen molar-refractivity contribution in [2.75, 3.05) is 26.2 Å². The highest BCUT2D eigenvalue weighted by Gasteiger charge is 2.36. The number of rotatable bonds is 2. The third-order valence-electron chi connectivity index (χ3n) is 3.66. The standard InChI is InChI=1S/C14H28N4O2/c1-13(2,3)20-12(19)17-8-6-7-14(15,11-17)16-18-9-4-5-10-18/h16H,4-11,15H2,1-3H3. The Kier molecular flexibility index (Phi) is 4.56. The van der Waals surface area contributed by atoms with E-state index in [1.54, 1.807) is 4.90 Å². The van der Waals surface area contributed by atoms with E-state index >= 15 is 0 Å². The van der Waals surface area contributed by atoms with Gasteiger partial charge in [0.25, 0.3) is 0 Å². The number of carbonyl (C=O) groups is 1. The van der Waals surface area contributed by atoms with Gasteiger partial charge in [-0.2, -0.15) is 0 Å². The summed E-state index contributed by atoms with van der Waals surface area (Å²) >= 11 is 0. The summed E-state index contributed by atoms with van der Waals surface area (Å²) in [7, 11) is 0. The Morgan fingerprint density at radius 1 is 1.20 bits per heavy atom. The molecule has 0 radical (unpaired) electrons. The first kappa shape index (κ1) is 15.5. The molecule has 3 N–H and O–H groups in total. The van der Waals surface area contributed by atoms with Gasteiger partial charge in [0.15, 0.2) is 0 Å². The summed E-state index contributed by atoms with van der Waals surface area (Å²) < 4.78 is 5.43. The topological polar surface area (TPSA) is 70.8 Å². The first-order valence-corrected chi connectivity index (χ1v) is 7.57. The Balaban J connectivity index is 1.91. The lowest BCUT2D eigenvalue weighted by atomic mass is 10.0. The number of nitrogens with zero attached hydrogens (tertiary/aromatic N) is 2. The van der Waals surface area contributed by atoms with Crippen molar-refractivity contribution in [3.8, 4) is 0 Å². The van der Waals surface area contributed by atoms with Gasteiger partial charge < -0.3 is 15.4 Å². The molecule has 0 spiro atoms. The minimum atomic E-state index is -0.528. The van der Waals surface area contributed by atoms with Crippen LogP contribution in [0.3, 0.4) is 0 Å². The number of amides is 1. The zero-order chi connectivity index (χ0) is 14.8. The van der Waals surface area contributed by atoms with E-state index in [1.807, 2.05) is 20.8 Å². The Labute approximate surface area is 121 Å². The average molecular weight is 284 g/mol. The normalized spacial score (nSPS) is 28.7. The summed E-state index contributed by atoms with van der Waals surface area (Å²) in [5.74, 6) is 0. The molecule has 1 amide bonds. The molecule has 1 atom stereocenters. The monoisotopic (exact) mass is 284 g/mol. The zero-order valence-electron chi connectivity index (χ0n) is 12.9. The van der Waals surface area contributed by atoms with Gasteiger partial charge in [0, 0.05) is 19.6 Å². The molecule has 6 nitrogen and oxygen atoms in total. The fourth-order valence-electron chi connectivity index (χ4n) is 2.80. The van der Waals surface area contributed by atoms with E-state index in [4.69, 9.17) is 10.5 Å². The molecular weight excluding hydrogens is 256 g/mol. The Hall–Kier alpha value is -0.850. The predicted molar refractivity (Wildman–Crippen MR) is 77.9 cm³/mol. The Morgan fingerprint density at radius 3 is 2.45 bits per heavy atom. The lowest BCUT2D eigenvalue weighted by molar-refractivity contribution is 0.000970.